The third-order valence-electron chi connectivity index (χ3n) is 2.50. The highest BCUT2D eigenvalue weighted by Crippen LogP contribution is 2.23. The first-order valence-electron chi connectivity index (χ1n) is 4.47. The molecule has 0 unspecified atom stereocenters. The molecule has 0 aliphatic carbocycles. The van der Waals surface area contributed by atoms with Gasteiger partial charge in [0.15, 0.2) is 0 Å². The van der Waals surface area contributed by atoms with Gasteiger partial charge in [0.05, 0.1) is 5.56 Å². The zero-order valence-corrected chi connectivity index (χ0v) is 9.61. The topological polar surface area (TPSA) is 54.7 Å². The number of nitrogens with zero attached hydrogens (tertiary/aromatic N) is 2. The lowest BCUT2D eigenvalue weighted by Crippen LogP contribution is -2.06. The van der Waals surface area contributed by atoms with Crippen molar-refractivity contribution in [3.05, 3.63) is 16.8 Å². The van der Waals surface area contributed by atoms with E-state index >= 15 is 0 Å². The van der Waals surface area contributed by atoms with Crippen LogP contribution in [0.4, 0.5) is 5.82 Å². The second kappa shape index (κ2) is 4.43. The van der Waals surface area contributed by atoms with Crippen LogP contribution in [-0.4, -0.2) is 16.6 Å². The molecule has 1 heterocycles. The average molecular weight is 209 g/mol. The molecule has 0 saturated heterocycles. The standard InChI is InChI=1S/C10H15N3S/c1-7-8(2)13(4-5-14-3)10(12)9(7)6-11/h4-5,12H2,1-3H3. The van der Waals surface area contributed by atoms with Crippen LogP contribution in [0, 0.1) is 25.2 Å². The number of nitrogen functional groups attached to an aromatic ring is 1. The number of rotatable bonds is 3. The number of nitrogens with two attached hydrogens (primary N) is 1. The van der Waals surface area contributed by atoms with E-state index in [4.69, 9.17) is 11.0 Å². The maximum atomic E-state index is 8.91. The van der Waals surface area contributed by atoms with Crippen LogP contribution in [0.2, 0.25) is 0 Å². The molecule has 0 radical (unpaired) electrons. The van der Waals surface area contributed by atoms with E-state index in [0.29, 0.717) is 11.4 Å². The Morgan fingerprint density at radius 3 is 2.57 bits per heavy atom. The molecule has 14 heavy (non-hydrogen) atoms. The number of thioether (sulfide) groups is 1. The Labute approximate surface area is 88.9 Å². The van der Waals surface area contributed by atoms with Crippen LogP contribution in [0.3, 0.4) is 0 Å². The summed E-state index contributed by atoms with van der Waals surface area (Å²) in [4.78, 5) is 0. The average Bonchev–Trinajstić information content (AvgIpc) is 2.37. The smallest absolute Gasteiger partial charge is 0.122 e. The molecule has 0 saturated carbocycles. The van der Waals surface area contributed by atoms with Crippen molar-refractivity contribution < 1.29 is 0 Å². The van der Waals surface area contributed by atoms with Gasteiger partial charge < -0.3 is 10.3 Å². The summed E-state index contributed by atoms with van der Waals surface area (Å²) in [6.07, 6.45) is 2.06. The highest BCUT2D eigenvalue weighted by Gasteiger charge is 2.13. The van der Waals surface area contributed by atoms with Gasteiger partial charge in [-0.05, 0) is 25.7 Å². The van der Waals surface area contributed by atoms with Gasteiger partial charge in [0.25, 0.3) is 0 Å². The maximum absolute atomic E-state index is 8.91. The summed E-state index contributed by atoms with van der Waals surface area (Å²) in [5.41, 5.74) is 8.63. The van der Waals surface area contributed by atoms with Gasteiger partial charge in [0, 0.05) is 18.0 Å². The van der Waals surface area contributed by atoms with Crippen LogP contribution in [0.5, 0.6) is 0 Å². The van der Waals surface area contributed by atoms with Gasteiger partial charge in [0.2, 0.25) is 0 Å². The van der Waals surface area contributed by atoms with E-state index in [2.05, 4.69) is 12.3 Å². The fraction of sp³-hybridized carbons (Fsp3) is 0.500. The lowest BCUT2D eigenvalue weighted by molar-refractivity contribution is 0.759. The van der Waals surface area contributed by atoms with E-state index in [1.165, 1.54) is 0 Å². The Morgan fingerprint density at radius 2 is 2.14 bits per heavy atom. The normalized spacial score (nSPS) is 10.1. The van der Waals surface area contributed by atoms with Gasteiger partial charge in [-0.2, -0.15) is 17.0 Å². The molecule has 76 valence electrons. The molecule has 0 aromatic carbocycles. The van der Waals surface area contributed by atoms with Crippen LogP contribution in [0.1, 0.15) is 16.8 Å². The van der Waals surface area contributed by atoms with Gasteiger partial charge in [-0.25, -0.2) is 0 Å². The first-order valence-corrected chi connectivity index (χ1v) is 5.87. The molecule has 1 aromatic heterocycles. The van der Waals surface area contributed by atoms with Crippen LogP contribution >= 0.6 is 11.8 Å². The minimum Gasteiger partial charge on any atom is -0.384 e. The molecular weight excluding hydrogens is 194 g/mol. The SMILES string of the molecule is CSCCn1c(C)c(C)c(C#N)c1N. The van der Waals surface area contributed by atoms with Crippen LogP contribution in [0.25, 0.3) is 0 Å². The summed E-state index contributed by atoms with van der Waals surface area (Å²) in [6, 6.07) is 2.15. The molecule has 0 bridgehead atoms. The zero-order valence-electron chi connectivity index (χ0n) is 8.79. The second-order valence-corrected chi connectivity index (χ2v) is 4.21. The molecule has 0 aliphatic heterocycles. The second-order valence-electron chi connectivity index (χ2n) is 3.23. The minimum atomic E-state index is 0.608. The van der Waals surface area contributed by atoms with E-state index in [1.54, 1.807) is 11.8 Å². The maximum Gasteiger partial charge on any atom is 0.122 e. The molecule has 0 amide bonds. The van der Waals surface area contributed by atoms with E-state index in [0.717, 1.165) is 23.6 Å². The number of hydrogen-bond acceptors (Lipinski definition) is 3. The monoisotopic (exact) mass is 209 g/mol. The largest absolute Gasteiger partial charge is 0.384 e. The molecule has 0 aliphatic rings. The Morgan fingerprint density at radius 1 is 1.50 bits per heavy atom. The van der Waals surface area contributed by atoms with Crippen molar-refractivity contribution in [2.24, 2.45) is 0 Å². The van der Waals surface area contributed by atoms with Crippen molar-refractivity contribution in [1.82, 2.24) is 4.57 Å². The van der Waals surface area contributed by atoms with E-state index < -0.39 is 0 Å². The molecule has 0 atom stereocenters. The summed E-state index contributed by atoms with van der Waals surface area (Å²) < 4.78 is 2.02. The molecule has 0 fully saturated rings. The van der Waals surface area contributed by atoms with E-state index in [9.17, 15) is 0 Å². The van der Waals surface area contributed by atoms with E-state index in [1.807, 2.05) is 18.4 Å². The van der Waals surface area contributed by atoms with Gasteiger partial charge in [-0.1, -0.05) is 0 Å². The van der Waals surface area contributed by atoms with Crippen LogP contribution in [-0.2, 0) is 6.54 Å². The lowest BCUT2D eigenvalue weighted by Gasteiger charge is -2.07. The Bertz CT molecular complexity index is 374. The molecule has 4 heteroatoms. The Balaban J connectivity index is 3.12. The van der Waals surface area contributed by atoms with Crippen molar-refractivity contribution in [2.45, 2.75) is 20.4 Å². The van der Waals surface area contributed by atoms with Crippen molar-refractivity contribution in [3.8, 4) is 6.07 Å². The van der Waals surface area contributed by atoms with Crippen molar-refractivity contribution >= 4 is 17.6 Å². The summed E-state index contributed by atoms with van der Waals surface area (Å²) in [6.45, 7) is 4.83. The molecule has 2 N–H and O–H groups in total. The van der Waals surface area contributed by atoms with Gasteiger partial charge in [0.1, 0.15) is 11.9 Å². The first-order chi connectivity index (χ1) is 6.63. The number of aromatic nitrogens is 1. The first kappa shape index (κ1) is 11.0. The van der Waals surface area contributed by atoms with Gasteiger partial charge in [-0.3, -0.25) is 0 Å². The fourth-order valence-corrected chi connectivity index (χ4v) is 1.87. The summed E-state index contributed by atoms with van der Waals surface area (Å²) in [5.74, 6) is 1.63. The number of anilines is 1. The molecular formula is C10H15N3S. The molecule has 3 nitrogen and oxygen atoms in total. The fourth-order valence-electron chi connectivity index (χ4n) is 1.50. The quantitative estimate of drug-likeness (QED) is 0.827. The summed E-state index contributed by atoms with van der Waals surface area (Å²) in [5, 5.41) is 8.91. The highest BCUT2D eigenvalue weighted by molar-refractivity contribution is 7.98. The predicted molar refractivity (Wildman–Crippen MR) is 61.4 cm³/mol. The van der Waals surface area contributed by atoms with Crippen LogP contribution in [0.15, 0.2) is 0 Å². The Hall–Kier alpha value is -1.08. The van der Waals surface area contributed by atoms with E-state index in [-0.39, 0.29) is 0 Å². The third kappa shape index (κ3) is 1.73. The van der Waals surface area contributed by atoms with Gasteiger partial charge >= 0.3 is 0 Å². The van der Waals surface area contributed by atoms with Crippen molar-refractivity contribution in [2.75, 3.05) is 17.7 Å². The van der Waals surface area contributed by atoms with Crippen molar-refractivity contribution in [3.63, 3.8) is 0 Å². The predicted octanol–water partition coefficient (Wildman–Crippen LogP) is 1.92. The summed E-state index contributed by atoms with van der Waals surface area (Å²) in [7, 11) is 0. The number of nitriles is 1. The zero-order chi connectivity index (χ0) is 10.7. The summed E-state index contributed by atoms with van der Waals surface area (Å²) >= 11 is 1.78. The highest BCUT2D eigenvalue weighted by atomic mass is 32.2. The van der Waals surface area contributed by atoms with Gasteiger partial charge in [-0.15, -0.1) is 0 Å². The molecule has 1 rings (SSSR count). The lowest BCUT2D eigenvalue weighted by atomic mass is 10.2. The minimum absolute atomic E-state index is 0.608. The third-order valence-corrected chi connectivity index (χ3v) is 3.09. The van der Waals surface area contributed by atoms with Crippen LogP contribution < -0.4 is 5.73 Å². The van der Waals surface area contributed by atoms with Crippen molar-refractivity contribution in [1.29, 1.82) is 5.26 Å². The molecule has 1 aromatic rings. The molecule has 0 spiro atoms. The Kier molecular flexibility index (Phi) is 3.48. The number of hydrogen-bond donors (Lipinski definition) is 1.